The van der Waals surface area contributed by atoms with Crippen LogP contribution >= 0.6 is 0 Å². The molecule has 4 aromatic rings. The molecular weight excluding hydrogens is 421 g/mol. The highest BCUT2D eigenvalue weighted by atomic mass is 19.4. The summed E-state index contributed by atoms with van der Waals surface area (Å²) in [5.74, 6) is 0.371. The first-order chi connectivity index (χ1) is 15.4. The molecule has 1 amide bonds. The maximum Gasteiger partial charge on any atom is 0.434 e. The first-order valence-electron chi connectivity index (χ1n) is 10.4. The van der Waals surface area contributed by atoms with Crippen molar-refractivity contribution in [3.05, 3.63) is 66.2 Å². The van der Waals surface area contributed by atoms with Crippen molar-refractivity contribution in [1.29, 1.82) is 0 Å². The van der Waals surface area contributed by atoms with E-state index in [9.17, 15) is 18.0 Å². The van der Waals surface area contributed by atoms with Gasteiger partial charge in [-0.3, -0.25) is 9.20 Å². The summed E-state index contributed by atoms with van der Waals surface area (Å²) >= 11 is 0. The Balaban J connectivity index is 1.21. The van der Waals surface area contributed by atoms with Crippen molar-refractivity contribution in [3.8, 4) is 0 Å². The molecule has 1 aliphatic carbocycles. The highest BCUT2D eigenvalue weighted by Gasteiger charge is 2.34. The fraction of sp³-hybridized carbons (Fsp3) is 0.318. The van der Waals surface area contributed by atoms with E-state index in [1.807, 2.05) is 18.2 Å². The zero-order valence-corrected chi connectivity index (χ0v) is 17.0. The third kappa shape index (κ3) is 4.00. The fourth-order valence-electron chi connectivity index (χ4n) is 4.16. The van der Waals surface area contributed by atoms with Crippen LogP contribution in [0.3, 0.4) is 0 Å². The summed E-state index contributed by atoms with van der Waals surface area (Å²) in [6.07, 6.45) is 1.43. The second-order valence-electron chi connectivity index (χ2n) is 8.03. The number of pyridine rings is 2. The van der Waals surface area contributed by atoms with E-state index in [1.165, 1.54) is 4.40 Å². The lowest BCUT2D eigenvalue weighted by Crippen LogP contribution is -2.40. The van der Waals surface area contributed by atoms with Gasteiger partial charge in [-0.05, 0) is 56.0 Å². The molecule has 2 N–H and O–H groups in total. The molecule has 0 atom stereocenters. The highest BCUT2D eigenvalue weighted by Crippen LogP contribution is 2.30. The summed E-state index contributed by atoms with van der Waals surface area (Å²) in [6, 6.07) is 12.5. The third-order valence-corrected chi connectivity index (χ3v) is 5.80. The largest absolute Gasteiger partial charge is 0.434 e. The van der Waals surface area contributed by atoms with Crippen molar-refractivity contribution in [1.82, 2.24) is 24.3 Å². The minimum Gasteiger partial charge on any atom is -0.368 e. The minimum absolute atomic E-state index is 0.0335. The van der Waals surface area contributed by atoms with Gasteiger partial charge < -0.3 is 10.6 Å². The number of imidazole rings is 1. The number of nitrogens with one attached hydrogen (secondary N) is 2. The molecule has 1 aliphatic rings. The van der Waals surface area contributed by atoms with Crippen LogP contribution in [0.4, 0.5) is 19.0 Å². The Bertz CT molecular complexity index is 1240. The van der Waals surface area contributed by atoms with E-state index >= 15 is 0 Å². The number of alkyl halides is 3. The number of carbonyl (C=O) groups is 1. The van der Waals surface area contributed by atoms with E-state index in [2.05, 4.69) is 20.7 Å². The topological polar surface area (TPSA) is 75.7 Å². The van der Waals surface area contributed by atoms with Crippen LogP contribution in [0.15, 0.2) is 54.9 Å². The molecule has 0 saturated heterocycles. The lowest BCUT2D eigenvalue weighted by atomic mass is 9.91. The number of hydrogen-bond acceptors (Lipinski definition) is 4. The molecule has 0 aromatic carbocycles. The number of amides is 1. The number of fused-ring (bicyclic) bond motifs is 2. The van der Waals surface area contributed by atoms with Crippen LogP contribution in [-0.2, 0) is 6.18 Å². The van der Waals surface area contributed by atoms with Crippen LogP contribution < -0.4 is 10.6 Å². The predicted molar refractivity (Wildman–Crippen MR) is 113 cm³/mol. The molecule has 0 bridgehead atoms. The number of nitrogens with zero attached hydrogens (tertiary/aromatic N) is 4. The second kappa shape index (κ2) is 7.85. The SMILES string of the molecule is O=C(NC1CCC(Nc2cccc3nc(C(F)(F)F)cn23)CC1)c1cc2ccccn2n1. The summed E-state index contributed by atoms with van der Waals surface area (Å²) in [5, 5.41) is 10.7. The molecule has 4 aromatic heterocycles. The van der Waals surface area contributed by atoms with Gasteiger partial charge in [0.05, 0.1) is 5.52 Å². The zero-order chi connectivity index (χ0) is 22.3. The molecule has 0 unspecified atom stereocenters. The molecular formula is C22H21F3N6O. The van der Waals surface area contributed by atoms with E-state index in [1.54, 1.807) is 35.0 Å². The normalized spacial score (nSPS) is 19.3. The van der Waals surface area contributed by atoms with Crippen molar-refractivity contribution in [2.24, 2.45) is 0 Å². The van der Waals surface area contributed by atoms with E-state index in [0.29, 0.717) is 11.5 Å². The summed E-state index contributed by atoms with van der Waals surface area (Å²) in [5.41, 5.74) is 0.567. The Morgan fingerprint density at radius 2 is 1.81 bits per heavy atom. The van der Waals surface area contributed by atoms with Crippen LogP contribution in [0.1, 0.15) is 41.9 Å². The molecule has 10 heteroatoms. The average Bonchev–Trinajstić information content (AvgIpc) is 3.40. The smallest absolute Gasteiger partial charge is 0.368 e. The van der Waals surface area contributed by atoms with Gasteiger partial charge in [0, 0.05) is 24.5 Å². The first kappa shape index (κ1) is 20.3. The molecule has 32 heavy (non-hydrogen) atoms. The quantitative estimate of drug-likeness (QED) is 0.498. The van der Waals surface area contributed by atoms with Crippen LogP contribution in [-0.4, -0.2) is 37.0 Å². The van der Waals surface area contributed by atoms with Gasteiger partial charge in [-0.1, -0.05) is 12.1 Å². The Kier molecular flexibility index (Phi) is 4.99. The summed E-state index contributed by atoms with van der Waals surface area (Å²) in [6.45, 7) is 0. The molecule has 1 saturated carbocycles. The van der Waals surface area contributed by atoms with E-state index in [4.69, 9.17) is 0 Å². The summed E-state index contributed by atoms with van der Waals surface area (Å²) in [4.78, 5) is 16.2. The van der Waals surface area contributed by atoms with Crippen molar-refractivity contribution in [2.45, 2.75) is 43.9 Å². The van der Waals surface area contributed by atoms with Gasteiger partial charge in [0.25, 0.3) is 5.91 Å². The zero-order valence-electron chi connectivity index (χ0n) is 17.0. The number of anilines is 1. The lowest BCUT2D eigenvalue weighted by Gasteiger charge is -2.30. The lowest BCUT2D eigenvalue weighted by molar-refractivity contribution is -0.140. The maximum atomic E-state index is 13.0. The number of hydrogen-bond donors (Lipinski definition) is 2. The first-order valence-corrected chi connectivity index (χ1v) is 10.4. The van der Waals surface area contributed by atoms with Gasteiger partial charge in [0.1, 0.15) is 11.5 Å². The molecule has 7 nitrogen and oxygen atoms in total. The van der Waals surface area contributed by atoms with Crippen LogP contribution in [0.2, 0.25) is 0 Å². The predicted octanol–water partition coefficient (Wildman–Crippen LogP) is 4.15. The van der Waals surface area contributed by atoms with Crippen molar-refractivity contribution >= 4 is 22.9 Å². The molecule has 4 heterocycles. The monoisotopic (exact) mass is 442 g/mol. The van der Waals surface area contributed by atoms with Gasteiger partial charge in [-0.15, -0.1) is 0 Å². The number of carbonyl (C=O) groups excluding carboxylic acids is 1. The molecule has 0 spiro atoms. The maximum absolute atomic E-state index is 13.0. The van der Waals surface area contributed by atoms with Crippen LogP contribution in [0.25, 0.3) is 11.2 Å². The molecule has 0 radical (unpaired) electrons. The molecule has 5 rings (SSSR count). The van der Waals surface area contributed by atoms with Crippen molar-refractivity contribution in [2.75, 3.05) is 5.32 Å². The van der Waals surface area contributed by atoms with E-state index in [-0.39, 0.29) is 23.6 Å². The van der Waals surface area contributed by atoms with E-state index in [0.717, 1.165) is 37.4 Å². The average molecular weight is 442 g/mol. The van der Waals surface area contributed by atoms with Gasteiger partial charge in [-0.2, -0.15) is 18.3 Å². The van der Waals surface area contributed by atoms with Gasteiger partial charge in [0.2, 0.25) is 0 Å². The molecule has 0 aliphatic heterocycles. The van der Waals surface area contributed by atoms with Crippen molar-refractivity contribution in [3.63, 3.8) is 0 Å². The second-order valence-corrected chi connectivity index (χ2v) is 8.03. The van der Waals surface area contributed by atoms with Gasteiger partial charge >= 0.3 is 6.18 Å². The molecule has 166 valence electrons. The standard InChI is InChI=1S/C22H21F3N6O/c23-22(24,25)18-13-30-19(5-3-6-20(30)28-18)26-14-7-9-15(10-8-14)27-21(32)17-12-16-4-1-2-11-31(16)29-17/h1-6,11-15,26H,7-10H2,(H,27,32). The number of halogens is 3. The summed E-state index contributed by atoms with van der Waals surface area (Å²) in [7, 11) is 0. The highest BCUT2D eigenvalue weighted by molar-refractivity contribution is 5.93. The molecule has 1 fully saturated rings. The Morgan fingerprint density at radius 3 is 2.56 bits per heavy atom. The number of rotatable bonds is 4. The Hall–Kier alpha value is -3.56. The van der Waals surface area contributed by atoms with E-state index < -0.39 is 11.9 Å². The summed E-state index contributed by atoms with van der Waals surface area (Å²) < 4.78 is 42.1. The fourth-order valence-corrected chi connectivity index (χ4v) is 4.16. The Morgan fingerprint density at radius 1 is 1.03 bits per heavy atom. The third-order valence-electron chi connectivity index (χ3n) is 5.80. The van der Waals surface area contributed by atoms with Crippen LogP contribution in [0, 0.1) is 0 Å². The minimum atomic E-state index is -4.49. The van der Waals surface area contributed by atoms with Gasteiger partial charge in [-0.25, -0.2) is 9.50 Å². The Labute approximate surface area is 181 Å². The van der Waals surface area contributed by atoms with Crippen molar-refractivity contribution < 1.29 is 18.0 Å². The van der Waals surface area contributed by atoms with Gasteiger partial charge in [0.15, 0.2) is 11.4 Å². The number of aromatic nitrogens is 4. The van der Waals surface area contributed by atoms with Crippen LogP contribution in [0.5, 0.6) is 0 Å².